The fourth-order valence-electron chi connectivity index (χ4n) is 2.87. The summed E-state index contributed by atoms with van der Waals surface area (Å²) in [6.45, 7) is 3.87. The maximum atomic E-state index is 12.8. The SMILES string of the molecule is CC(C)CC(=O)NC(C(=O)NCc1ccc(C(=O)NCC(N)=O)cc1)c1ccccc1. The third kappa shape index (κ3) is 7.93. The normalized spacial score (nSPS) is 11.5. The van der Waals surface area contributed by atoms with Crippen LogP contribution in [0.4, 0.5) is 0 Å². The molecular weight excluding hydrogens is 396 g/mol. The van der Waals surface area contributed by atoms with Crippen LogP contribution in [-0.2, 0) is 20.9 Å². The number of primary amides is 1. The number of rotatable bonds is 10. The van der Waals surface area contributed by atoms with Crippen molar-refractivity contribution in [3.63, 3.8) is 0 Å². The second-order valence-corrected chi connectivity index (χ2v) is 7.57. The minimum Gasteiger partial charge on any atom is -0.368 e. The molecule has 2 aromatic rings. The molecule has 2 aromatic carbocycles. The number of amides is 4. The third-order valence-corrected chi connectivity index (χ3v) is 4.40. The molecule has 8 nitrogen and oxygen atoms in total. The van der Waals surface area contributed by atoms with Crippen molar-refractivity contribution in [1.82, 2.24) is 16.0 Å². The molecule has 0 spiro atoms. The van der Waals surface area contributed by atoms with Gasteiger partial charge in [0.05, 0.1) is 6.54 Å². The number of carbonyl (C=O) groups excluding carboxylic acids is 4. The highest BCUT2D eigenvalue weighted by Gasteiger charge is 2.22. The first kappa shape index (κ1) is 23.6. The second-order valence-electron chi connectivity index (χ2n) is 7.57. The van der Waals surface area contributed by atoms with E-state index in [0.29, 0.717) is 17.5 Å². The van der Waals surface area contributed by atoms with E-state index >= 15 is 0 Å². The van der Waals surface area contributed by atoms with Gasteiger partial charge in [-0.1, -0.05) is 56.3 Å². The van der Waals surface area contributed by atoms with Crippen LogP contribution in [0.1, 0.15) is 47.8 Å². The summed E-state index contributed by atoms with van der Waals surface area (Å²) in [6, 6.07) is 14.8. The number of carbonyl (C=O) groups is 4. The van der Waals surface area contributed by atoms with Gasteiger partial charge in [0.2, 0.25) is 17.7 Å². The lowest BCUT2D eigenvalue weighted by atomic mass is 10.0. The average Bonchev–Trinajstić information content (AvgIpc) is 2.74. The van der Waals surface area contributed by atoms with Gasteiger partial charge in [-0.25, -0.2) is 0 Å². The standard InChI is InChI=1S/C23H28N4O4/c1-15(2)12-20(29)27-21(17-6-4-3-5-7-17)23(31)25-13-16-8-10-18(11-9-16)22(30)26-14-19(24)28/h3-11,15,21H,12-14H2,1-2H3,(H2,24,28)(H,25,31)(H,26,30)(H,27,29). The van der Waals surface area contributed by atoms with Crippen LogP contribution < -0.4 is 21.7 Å². The van der Waals surface area contributed by atoms with E-state index in [1.807, 2.05) is 32.0 Å². The van der Waals surface area contributed by atoms with Crippen molar-refractivity contribution >= 4 is 23.6 Å². The van der Waals surface area contributed by atoms with E-state index in [2.05, 4.69) is 16.0 Å². The van der Waals surface area contributed by atoms with Crippen molar-refractivity contribution in [2.45, 2.75) is 32.9 Å². The molecule has 0 heterocycles. The Bertz CT molecular complexity index is 911. The first-order chi connectivity index (χ1) is 14.8. The summed E-state index contributed by atoms with van der Waals surface area (Å²) >= 11 is 0. The van der Waals surface area contributed by atoms with E-state index in [9.17, 15) is 19.2 Å². The van der Waals surface area contributed by atoms with Crippen LogP contribution >= 0.6 is 0 Å². The zero-order valence-corrected chi connectivity index (χ0v) is 17.7. The maximum absolute atomic E-state index is 12.8. The Morgan fingerprint density at radius 1 is 0.903 bits per heavy atom. The van der Waals surface area contributed by atoms with Crippen molar-refractivity contribution < 1.29 is 19.2 Å². The van der Waals surface area contributed by atoms with Gasteiger partial charge < -0.3 is 21.7 Å². The smallest absolute Gasteiger partial charge is 0.251 e. The number of hydrogen-bond acceptors (Lipinski definition) is 4. The molecule has 0 saturated heterocycles. The maximum Gasteiger partial charge on any atom is 0.251 e. The van der Waals surface area contributed by atoms with Crippen molar-refractivity contribution in [2.75, 3.05) is 6.54 Å². The summed E-state index contributed by atoms with van der Waals surface area (Å²) < 4.78 is 0. The van der Waals surface area contributed by atoms with Gasteiger partial charge >= 0.3 is 0 Å². The molecule has 0 radical (unpaired) electrons. The number of benzene rings is 2. The van der Waals surface area contributed by atoms with E-state index in [0.717, 1.165) is 5.56 Å². The van der Waals surface area contributed by atoms with E-state index in [4.69, 9.17) is 5.73 Å². The van der Waals surface area contributed by atoms with Crippen LogP contribution in [0.25, 0.3) is 0 Å². The molecule has 0 fully saturated rings. The number of nitrogens with one attached hydrogen (secondary N) is 3. The summed E-state index contributed by atoms with van der Waals surface area (Å²) in [5.74, 6) is -1.37. The fraction of sp³-hybridized carbons (Fsp3) is 0.304. The quantitative estimate of drug-likeness (QED) is 0.459. The van der Waals surface area contributed by atoms with Crippen LogP contribution in [0.2, 0.25) is 0 Å². The molecule has 4 amide bonds. The van der Waals surface area contributed by atoms with Gasteiger partial charge in [-0.05, 0) is 29.2 Å². The van der Waals surface area contributed by atoms with Crippen molar-refractivity contribution in [3.05, 3.63) is 71.3 Å². The Labute approximate surface area is 181 Å². The van der Waals surface area contributed by atoms with E-state index < -0.39 is 17.9 Å². The fourth-order valence-corrected chi connectivity index (χ4v) is 2.87. The molecular formula is C23H28N4O4. The number of hydrogen-bond donors (Lipinski definition) is 4. The highest BCUT2D eigenvalue weighted by atomic mass is 16.2. The van der Waals surface area contributed by atoms with E-state index in [1.165, 1.54) is 0 Å². The summed E-state index contributed by atoms with van der Waals surface area (Å²) in [4.78, 5) is 47.8. The molecule has 164 valence electrons. The highest BCUT2D eigenvalue weighted by Crippen LogP contribution is 2.14. The third-order valence-electron chi connectivity index (χ3n) is 4.40. The minimum absolute atomic E-state index is 0.179. The second kappa shape index (κ2) is 11.5. The van der Waals surface area contributed by atoms with E-state index in [1.54, 1.807) is 36.4 Å². The molecule has 8 heteroatoms. The van der Waals surface area contributed by atoms with Crippen LogP contribution in [-0.4, -0.2) is 30.2 Å². The summed E-state index contributed by atoms with van der Waals surface area (Å²) in [6.07, 6.45) is 0.329. The Kier molecular flexibility index (Phi) is 8.75. The minimum atomic E-state index is -0.800. The monoisotopic (exact) mass is 424 g/mol. The van der Waals surface area contributed by atoms with Crippen molar-refractivity contribution in [2.24, 2.45) is 11.7 Å². The van der Waals surface area contributed by atoms with Gasteiger partial charge in [-0.3, -0.25) is 19.2 Å². The Morgan fingerprint density at radius 2 is 1.55 bits per heavy atom. The zero-order valence-electron chi connectivity index (χ0n) is 17.7. The first-order valence-electron chi connectivity index (χ1n) is 10.0. The van der Waals surface area contributed by atoms with Crippen LogP contribution in [0.5, 0.6) is 0 Å². The lowest BCUT2D eigenvalue weighted by Gasteiger charge is -2.19. The first-order valence-corrected chi connectivity index (χ1v) is 10.0. The largest absolute Gasteiger partial charge is 0.368 e. The van der Waals surface area contributed by atoms with Crippen molar-refractivity contribution in [3.8, 4) is 0 Å². The zero-order chi connectivity index (χ0) is 22.8. The topological polar surface area (TPSA) is 130 Å². The summed E-state index contributed by atoms with van der Waals surface area (Å²) in [5.41, 5.74) is 6.86. The molecule has 5 N–H and O–H groups in total. The molecule has 0 aliphatic carbocycles. The molecule has 1 atom stereocenters. The van der Waals surface area contributed by atoms with Crippen molar-refractivity contribution in [1.29, 1.82) is 0 Å². The molecule has 0 saturated carbocycles. The van der Waals surface area contributed by atoms with Gasteiger partial charge in [0.25, 0.3) is 5.91 Å². The molecule has 0 aliphatic rings. The summed E-state index contributed by atoms with van der Waals surface area (Å²) in [5, 5.41) is 8.05. The van der Waals surface area contributed by atoms with Crippen LogP contribution in [0, 0.1) is 5.92 Å². The van der Waals surface area contributed by atoms with Crippen LogP contribution in [0.15, 0.2) is 54.6 Å². The Morgan fingerprint density at radius 3 is 2.13 bits per heavy atom. The molecule has 31 heavy (non-hydrogen) atoms. The molecule has 2 rings (SSSR count). The molecule has 0 aliphatic heterocycles. The van der Waals surface area contributed by atoms with Gasteiger partial charge in [0.15, 0.2) is 0 Å². The highest BCUT2D eigenvalue weighted by molar-refractivity contribution is 5.96. The summed E-state index contributed by atoms with van der Waals surface area (Å²) in [7, 11) is 0. The van der Waals surface area contributed by atoms with Gasteiger partial charge in [-0.2, -0.15) is 0 Å². The Hall–Kier alpha value is -3.68. The predicted octanol–water partition coefficient (Wildman–Crippen LogP) is 1.42. The predicted molar refractivity (Wildman–Crippen MR) is 117 cm³/mol. The van der Waals surface area contributed by atoms with Crippen LogP contribution in [0.3, 0.4) is 0 Å². The Balaban J connectivity index is 2.00. The number of nitrogens with two attached hydrogens (primary N) is 1. The van der Waals surface area contributed by atoms with Gasteiger partial charge in [0, 0.05) is 18.5 Å². The molecule has 1 unspecified atom stereocenters. The van der Waals surface area contributed by atoms with Gasteiger partial charge in [-0.15, -0.1) is 0 Å². The van der Waals surface area contributed by atoms with E-state index in [-0.39, 0.29) is 30.8 Å². The van der Waals surface area contributed by atoms with Gasteiger partial charge in [0.1, 0.15) is 6.04 Å². The average molecular weight is 425 g/mol. The molecule has 0 bridgehead atoms. The lowest BCUT2D eigenvalue weighted by molar-refractivity contribution is -0.129. The lowest BCUT2D eigenvalue weighted by Crippen LogP contribution is -2.40. The molecule has 0 aromatic heterocycles.